The van der Waals surface area contributed by atoms with Crippen molar-refractivity contribution >= 4 is 0 Å². The van der Waals surface area contributed by atoms with Gasteiger partial charge in [0.05, 0.1) is 0 Å². The third-order valence-electron chi connectivity index (χ3n) is 0. The fraction of sp³-hybridized carbons (Fsp3) is 0. The number of hydrogen-bond donors (Lipinski definition) is 0. The topological polar surface area (TPSA) is 114 Å². The molecule has 0 heterocycles. The van der Waals surface area contributed by atoms with Gasteiger partial charge >= 0.3 is 33.3 Å². The molecule has 4 nitrogen and oxygen atoms in total. The summed E-state index contributed by atoms with van der Waals surface area (Å²) in [7, 11) is 0. The molecule has 0 atom stereocenters. The van der Waals surface area contributed by atoms with Gasteiger partial charge in [-0.3, -0.25) is 0 Å². The van der Waals surface area contributed by atoms with Gasteiger partial charge in [0.25, 0.3) is 0 Å². The van der Waals surface area contributed by atoms with E-state index in [9.17, 15) is 0 Å². The third kappa shape index (κ3) is 101. The maximum absolute atomic E-state index is 0. The van der Waals surface area contributed by atoms with Crippen molar-refractivity contribution in [1.82, 2.24) is 0 Å². The van der Waals surface area contributed by atoms with Gasteiger partial charge in [-0.05, 0) is 0 Å². The van der Waals surface area contributed by atoms with E-state index < -0.39 is 0 Å². The zero-order valence-corrected chi connectivity index (χ0v) is 4.31. The maximum Gasteiger partial charge on any atom is 2.00 e. The van der Waals surface area contributed by atoms with Gasteiger partial charge in [-0.25, -0.2) is 0 Å². The van der Waals surface area contributed by atoms with Crippen molar-refractivity contribution < 1.29 is 55.2 Å². The molecule has 0 rings (SSSR count). The molecule has 0 aliphatic heterocycles. The smallest absolute Gasteiger partial charge is 2.00 e. The van der Waals surface area contributed by atoms with Gasteiger partial charge in [-0.15, -0.1) is 0 Å². The van der Waals surface area contributed by atoms with Crippen LogP contribution in [0.15, 0.2) is 0 Å². The van der Waals surface area contributed by atoms with Crippen LogP contribution in [-0.4, -0.2) is 0 Å². The summed E-state index contributed by atoms with van der Waals surface area (Å²) in [5.41, 5.74) is 0. The molecule has 0 aliphatic rings. The Bertz CT molecular complexity index is 7.51. The van der Waals surface area contributed by atoms with Crippen LogP contribution in [0.1, 0.15) is 0 Å². The molecular weight excluding hydrogens is 182 g/mol. The Kier molecular flexibility index (Phi) is 10700. The molecule has 47 valence electrons. The molecule has 0 unspecified atom stereocenters. The standard InChI is InChI=1S/Co.Ni.4O/q2*+2;4*-2. The Hall–Kier alpha value is 0.840. The van der Waals surface area contributed by atoms with Crippen molar-refractivity contribution in [3.8, 4) is 0 Å². The third-order valence-corrected chi connectivity index (χ3v) is 0. The van der Waals surface area contributed by atoms with E-state index in [4.69, 9.17) is 0 Å². The average Bonchev–Trinajstić information content (AvgIpc) is 0. The molecule has 6 heteroatoms. The number of rotatable bonds is 0. The minimum Gasteiger partial charge on any atom is -2.00 e. The van der Waals surface area contributed by atoms with Crippen LogP contribution in [-0.2, 0) is 55.2 Å². The van der Waals surface area contributed by atoms with Crippen molar-refractivity contribution in [2.75, 3.05) is 0 Å². The van der Waals surface area contributed by atoms with Gasteiger partial charge in [-0.1, -0.05) is 0 Å². The molecule has 0 spiro atoms. The van der Waals surface area contributed by atoms with Gasteiger partial charge in [-0.2, -0.15) is 0 Å². The molecule has 0 aromatic rings. The molecule has 0 saturated heterocycles. The minimum atomic E-state index is 0. The second-order valence-corrected chi connectivity index (χ2v) is 0. The first-order valence-electron chi connectivity index (χ1n) is 0. The maximum atomic E-state index is 0. The number of hydrogen-bond acceptors (Lipinski definition) is 0. The Morgan fingerprint density at radius 1 is 0.500 bits per heavy atom. The van der Waals surface area contributed by atoms with Crippen molar-refractivity contribution in [2.45, 2.75) is 0 Å². The van der Waals surface area contributed by atoms with Crippen molar-refractivity contribution in [3.05, 3.63) is 0 Å². The molecule has 1 radical (unpaired) electrons. The summed E-state index contributed by atoms with van der Waals surface area (Å²) in [5.74, 6) is 0. The van der Waals surface area contributed by atoms with Gasteiger partial charge < -0.3 is 21.9 Å². The molecule has 0 fully saturated rings. The van der Waals surface area contributed by atoms with Gasteiger partial charge in [0, 0.05) is 0 Å². The first-order valence-corrected chi connectivity index (χ1v) is 0. The van der Waals surface area contributed by atoms with Crippen molar-refractivity contribution in [2.24, 2.45) is 0 Å². The van der Waals surface area contributed by atoms with Crippen LogP contribution < -0.4 is 0 Å². The van der Waals surface area contributed by atoms with Gasteiger partial charge in [0.15, 0.2) is 0 Å². The monoisotopic (exact) mass is 181 g/mol. The van der Waals surface area contributed by atoms with E-state index in [1.165, 1.54) is 0 Å². The Balaban J connectivity index is 0. The SMILES string of the molecule is [Co+2].[Ni+2].[O-2].[O-2].[O-2].[O-2]. The average molecular weight is 182 g/mol. The zero-order valence-electron chi connectivity index (χ0n) is 2.28. The fourth-order valence-electron chi connectivity index (χ4n) is 0. The van der Waals surface area contributed by atoms with Crippen molar-refractivity contribution in [1.29, 1.82) is 0 Å². The first kappa shape index (κ1) is 331. The summed E-state index contributed by atoms with van der Waals surface area (Å²) in [4.78, 5) is 0. The van der Waals surface area contributed by atoms with E-state index in [1.54, 1.807) is 0 Å². The van der Waals surface area contributed by atoms with Crippen LogP contribution in [0, 0.1) is 0 Å². The summed E-state index contributed by atoms with van der Waals surface area (Å²) in [5, 5.41) is 0. The van der Waals surface area contributed by atoms with Gasteiger partial charge in [0.2, 0.25) is 0 Å². The molecule has 0 aliphatic carbocycles. The summed E-state index contributed by atoms with van der Waals surface area (Å²) >= 11 is 0. The summed E-state index contributed by atoms with van der Waals surface area (Å²) in [6.07, 6.45) is 0. The van der Waals surface area contributed by atoms with Crippen LogP contribution in [0.3, 0.4) is 0 Å². The zero-order chi connectivity index (χ0) is 0. The quantitative estimate of drug-likeness (QED) is 0.449. The second kappa shape index (κ2) is 194. The van der Waals surface area contributed by atoms with Crippen LogP contribution in [0.4, 0.5) is 0 Å². The van der Waals surface area contributed by atoms with Crippen molar-refractivity contribution in [3.63, 3.8) is 0 Å². The van der Waals surface area contributed by atoms with E-state index in [0.717, 1.165) is 0 Å². The van der Waals surface area contributed by atoms with E-state index in [1.807, 2.05) is 0 Å². The van der Waals surface area contributed by atoms with Crippen LogP contribution in [0.25, 0.3) is 0 Å². The Morgan fingerprint density at radius 2 is 0.500 bits per heavy atom. The molecule has 0 aromatic heterocycles. The molecule has 0 aromatic carbocycles. The molecule has 0 amide bonds. The van der Waals surface area contributed by atoms with Crippen LogP contribution in [0.5, 0.6) is 0 Å². The summed E-state index contributed by atoms with van der Waals surface area (Å²) < 4.78 is 0. The predicted octanol–water partition coefficient (Wildman–Crippen LogP) is -0.480. The fourth-order valence-corrected chi connectivity index (χ4v) is 0. The van der Waals surface area contributed by atoms with E-state index in [0.29, 0.717) is 0 Å². The normalized spacial score (nSPS) is 0. The summed E-state index contributed by atoms with van der Waals surface area (Å²) in [6, 6.07) is 0. The molecule has 6 heavy (non-hydrogen) atoms. The predicted molar refractivity (Wildman–Crippen MR) is 2.75 cm³/mol. The van der Waals surface area contributed by atoms with Gasteiger partial charge in [0.1, 0.15) is 0 Å². The molecule has 0 N–H and O–H groups in total. The molecule has 0 saturated carbocycles. The second-order valence-electron chi connectivity index (χ2n) is 0. The largest absolute Gasteiger partial charge is 2.00 e. The Labute approximate surface area is 55.7 Å². The van der Waals surface area contributed by atoms with E-state index >= 15 is 0 Å². The molecule has 0 bridgehead atoms. The molecular formula is CoNiO4-4. The Morgan fingerprint density at radius 3 is 0.500 bits per heavy atom. The first-order chi connectivity index (χ1) is 0. The van der Waals surface area contributed by atoms with Crippen LogP contribution in [0.2, 0.25) is 0 Å². The van der Waals surface area contributed by atoms with Crippen LogP contribution >= 0.6 is 0 Å². The minimum absolute atomic E-state index is 0. The van der Waals surface area contributed by atoms with E-state index in [2.05, 4.69) is 0 Å². The summed E-state index contributed by atoms with van der Waals surface area (Å²) in [6.45, 7) is 0. The van der Waals surface area contributed by atoms with E-state index in [-0.39, 0.29) is 55.2 Å².